The number of nitrogens with zero attached hydrogens (tertiary/aromatic N) is 2. The minimum absolute atomic E-state index is 0.573. The van der Waals surface area contributed by atoms with Gasteiger partial charge in [-0.05, 0) is 37.5 Å². The summed E-state index contributed by atoms with van der Waals surface area (Å²) in [5, 5.41) is 7.20. The predicted molar refractivity (Wildman–Crippen MR) is 89.4 cm³/mol. The van der Waals surface area contributed by atoms with E-state index in [9.17, 15) is 0 Å². The summed E-state index contributed by atoms with van der Waals surface area (Å²) in [6.45, 7) is 7.28. The van der Waals surface area contributed by atoms with E-state index in [0.717, 1.165) is 30.2 Å². The maximum absolute atomic E-state index is 5.98. The van der Waals surface area contributed by atoms with Gasteiger partial charge in [-0.15, -0.1) is 0 Å². The van der Waals surface area contributed by atoms with Crippen molar-refractivity contribution in [1.29, 1.82) is 0 Å². The maximum atomic E-state index is 5.98. The van der Waals surface area contributed by atoms with Crippen molar-refractivity contribution in [1.82, 2.24) is 9.97 Å². The average Bonchev–Trinajstić information content (AvgIpc) is 2.37. The smallest absolute Gasteiger partial charge is 0.229 e. The Morgan fingerprint density at radius 3 is 2.71 bits per heavy atom. The lowest BCUT2D eigenvalue weighted by atomic mass is 10.1. The molecule has 2 aromatic rings. The second kappa shape index (κ2) is 7.27. The van der Waals surface area contributed by atoms with E-state index in [1.165, 1.54) is 0 Å². The van der Waals surface area contributed by atoms with E-state index >= 15 is 0 Å². The molecule has 112 valence electrons. The van der Waals surface area contributed by atoms with Gasteiger partial charge in [0.1, 0.15) is 5.82 Å². The van der Waals surface area contributed by atoms with Gasteiger partial charge < -0.3 is 10.6 Å². The van der Waals surface area contributed by atoms with Crippen LogP contribution in [0.25, 0.3) is 0 Å². The molecule has 0 saturated heterocycles. The summed E-state index contributed by atoms with van der Waals surface area (Å²) in [7, 11) is 0. The zero-order chi connectivity index (χ0) is 15.2. The van der Waals surface area contributed by atoms with Gasteiger partial charge in [-0.1, -0.05) is 31.5 Å². The molecule has 0 fully saturated rings. The van der Waals surface area contributed by atoms with Gasteiger partial charge in [-0.2, -0.15) is 4.98 Å². The Bertz CT molecular complexity index is 599. The number of nitrogens with one attached hydrogen (secondary N) is 2. The molecular weight excluding hydrogens is 284 g/mol. The van der Waals surface area contributed by atoms with Crippen LogP contribution in [0.15, 0.2) is 30.3 Å². The predicted octanol–water partition coefficient (Wildman–Crippen LogP) is 4.64. The molecule has 0 amide bonds. The molecule has 0 aliphatic heterocycles. The van der Waals surface area contributed by atoms with E-state index in [2.05, 4.69) is 34.4 Å². The van der Waals surface area contributed by atoms with Crippen LogP contribution in [-0.2, 0) is 0 Å². The first-order chi connectivity index (χ1) is 10.0. The number of benzene rings is 1. The molecule has 0 bridgehead atoms. The highest BCUT2D eigenvalue weighted by atomic mass is 35.5. The standard InChI is InChI=1S/C16H21ClN4/c1-11(2)7-8-18-15-9-12(3)19-16(21-15)20-14-6-4-5-13(17)10-14/h4-6,9-11H,7-8H2,1-3H3,(H2,18,19,20,21). The summed E-state index contributed by atoms with van der Waals surface area (Å²) >= 11 is 5.98. The van der Waals surface area contributed by atoms with Gasteiger partial charge in [0.15, 0.2) is 0 Å². The van der Waals surface area contributed by atoms with Gasteiger partial charge >= 0.3 is 0 Å². The van der Waals surface area contributed by atoms with Crippen LogP contribution >= 0.6 is 11.6 Å². The summed E-state index contributed by atoms with van der Waals surface area (Å²) in [6.07, 6.45) is 1.11. The second-order valence-electron chi connectivity index (χ2n) is 5.46. The van der Waals surface area contributed by atoms with Crippen LogP contribution in [0, 0.1) is 12.8 Å². The second-order valence-corrected chi connectivity index (χ2v) is 5.90. The van der Waals surface area contributed by atoms with Gasteiger partial charge in [0.2, 0.25) is 5.95 Å². The van der Waals surface area contributed by atoms with Gasteiger partial charge in [0.25, 0.3) is 0 Å². The van der Waals surface area contributed by atoms with Gasteiger partial charge in [0.05, 0.1) is 0 Å². The highest BCUT2D eigenvalue weighted by Crippen LogP contribution is 2.19. The topological polar surface area (TPSA) is 49.8 Å². The average molecular weight is 305 g/mol. The molecular formula is C16H21ClN4. The Balaban J connectivity index is 2.07. The molecule has 1 heterocycles. The van der Waals surface area contributed by atoms with Crippen LogP contribution in [0.3, 0.4) is 0 Å². The summed E-state index contributed by atoms with van der Waals surface area (Å²) in [6, 6.07) is 9.46. The summed E-state index contributed by atoms with van der Waals surface area (Å²) < 4.78 is 0. The fourth-order valence-electron chi connectivity index (χ4n) is 1.90. The maximum Gasteiger partial charge on any atom is 0.229 e. The largest absolute Gasteiger partial charge is 0.370 e. The monoisotopic (exact) mass is 304 g/mol. The van der Waals surface area contributed by atoms with Crippen LogP contribution in [0.4, 0.5) is 17.5 Å². The molecule has 0 radical (unpaired) electrons. The third-order valence-electron chi connectivity index (χ3n) is 2.96. The van der Waals surface area contributed by atoms with E-state index in [1.807, 2.05) is 37.3 Å². The van der Waals surface area contributed by atoms with E-state index in [1.54, 1.807) is 0 Å². The summed E-state index contributed by atoms with van der Waals surface area (Å²) in [5.74, 6) is 2.08. The minimum atomic E-state index is 0.573. The zero-order valence-corrected chi connectivity index (χ0v) is 13.4. The Morgan fingerprint density at radius 1 is 1.19 bits per heavy atom. The van der Waals surface area contributed by atoms with Crippen LogP contribution in [0.5, 0.6) is 0 Å². The van der Waals surface area contributed by atoms with Crippen LogP contribution in [0.1, 0.15) is 26.0 Å². The van der Waals surface area contributed by atoms with E-state index in [4.69, 9.17) is 11.6 Å². The normalized spacial score (nSPS) is 10.7. The number of hydrogen-bond donors (Lipinski definition) is 2. The highest BCUT2D eigenvalue weighted by molar-refractivity contribution is 6.30. The number of hydrogen-bond acceptors (Lipinski definition) is 4. The lowest BCUT2D eigenvalue weighted by Gasteiger charge is -2.11. The van der Waals surface area contributed by atoms with Crippen molar-refractivity contribution in [2.24, 2.45) is 5.92 Å². The minimum Gasteiger partial charge on any atom is -0.370 e. The molecule has 0 unspecified atom stereocenters. The van der Waals surface area contributed by atoms with E-state index < -0.39 is 0 Å². The molecule has 0 aliphatic rings. The molecule has 0 aliphatic carbocycles. The van der Waals surface area contributed by atoms with Crippen LogP contribution < -0.4 is 10.6 Å². The Hall–Kier alpha value is -1.81. The molecule has 21 heavy (non-hydrogen) atoms. The first-order valence-corrected chi connectivity index (χ1v) is 7.53. The Labute approximate surface area is 131 Å². The number of aryl methyl sites for hydroxylation is 1. The lowest BCUT2D eigenvalue weighted by molar-refractivity contribution is 0.606. The van der Waals surface area contributed by atoms with Gasteiger partial charge in [0, 0.05) is 29.0 Å². The first-order valence-electron chi connectivity index (χ1n) is 7.15. The van der Waals surface area contributed by atoms with Crippen molar-refractivity contribution >= 4 is 29.1 Å². The SMILES string of the molecule is Cc1cc(NCCC(C)C)nc(Nc2cccc(Cl)c2)n1. The molecule has 0 spiro atoms. The van der Waals surface area contributed by atoms with Crippen molar-refractivity contribution in [3.05, 3.63) is 41.0 Å². The van der Waals surface area contributed by atoms with Crippen molar-refractivity contribution in [3.63, 3.8) is 0 Å². The van der Waals surface area contributed by atoms with Crippen molar-refractivity contribution in [3.8, 4) is 0 Å². The van der Waals surface area contributed by atoms with Crippen LogP contribution in [-0.4, -0.2) is 16.5 Å². The third-order valence-corrected chi connectivity index (χ3v) is 3.20. The molecule has 2 N–H and O–H groups in total. The number of aromatic nitrogens is 2. The van der Waals surface area contributed by atoms with Gasteiger partial charge in [-0.3, -0.25) is 0 Å². The molecule has 0 atom stereocenters. The Kier molecular flexibility index (Phi) is 5.39. The molecule has 4 nitrogen and oxygen atoms in total. The summed E-state index contributed by atoms with van der Waals surface area (Å²) in [5.41, 5.74) is 1.79. The van der Waals surface area contributed by atoms with Crippen LogP contribution in [0.2, 0.25) is 5.02 Å². The van der Waals surface area contributed by atoms with Crippen molar-refractivity contribution < 1.29 is 0 Å². The zero-order valence-electron chi connectivity index (χ0n) is 12.7. The molecule has 2 rings (SSSR count). The quantitative estimate of drug-likeness (QED) is 0.816. The van der Waals surface area contributed by atoms with E-state index in [0.29, 0.717) is 16.9 Å². The lowest BCUT2D eigenvalue weighted by Crippen LogP contribution is -2.08. The molecule has 1 aromatic heterocycles. The van der Waals surface area contributed by atoms with Crippen molar-refractivity contribution in [2.45, 2.75) is 27.2 Å². The number of rotatable bonds is 6. The number of halogens is 1. The first kappa shape index (κ1) is 15.6. The Morgan fingerprint density at radius 2 is 2.00 bits per heavy atom. The molecule has 5 heteroatoms. The fourth-order valence-corrected chi connectivity index (χ4v) is 2.09. The fraction of sp³-hybridized carbons (Fsp3) is 0.375. The third kappa shape index (κ3) is 5.23. The molecule has 0 saturated carbocycles. The van der Waals surface area contributed by atoms with E-state index in [-0.39, 0.29) is 0 Å². The van der Waals surface area contributed by atoms with Crippen molar-refractivity contribution in [2.75, 3.05) is 17.2 Å². The van der Waals surface area contributed by atoms with Gasteiger partial charge in [-0.25, -0.2) is 4.98 Å². The summed E-state index contributed by atoms with van der Waals surface area (Å²) in [4.78, 5) is 8.88. The number of anilines is 3. The highest BCUT2D eigenvalue weighted by Gasteiger charge is 2.03. The molecule has 1 aromatic carbocycles.